The third-order valence-corrected chi connectivity index (χ3v) is 3.34. The number of pyridine rings is 1. The van der Waals surface area contributed by atoms with Crippen LogP contribution >= 0.6 is 0 Å². The molecule has 1 fully saturated rings. The number of fused-ring (bicyclic) bond motifs is 1. The van der Waals surface area contributed by atoms with E-state index in [1.807, 2.05) is 12.1 Å². The van der Waals surface area contributed by atoms with Gasteiger partial charge < -0.3 is 15.2 Å². The maximum Gasteiger partial charge on any atom is 0.134 e. The third kappa shape index (κ3) is 3.15. The van der Waals surface area contributed by atoms with E-state index in [2.05, 4.69) is 10.3 Å². The highest BCUT2D eigenvalue weighted by molar-refractivity contribution is 5.92. The van der Waals surface area contributed by atoms with Crippen molar-refractivity contribution < 1.29 is 9.84 Å². The van der Waals surface area contributed by atoms with Gasteiger partial charge in [0.15, 0.2) is 0 Å². The van der Waals surface area contributed by atoms with Gasteiger partial charge >= 0.3 is 0 Å². The minimum atomic E-state index is 0.258. The molecule has 1 aromatic heterocycles. The fraction of sp³-hybridized carbons (Fsp3) is 0.400. The zero-order valence-electron chi connectivity index (χ0n) is 10.8. The monoisotopic (exact) mass is 258 g/mol. The molecule has 4 nitrogen and oxygen atoms in total. The van der Waals surface area contributed by atoms with Crippen molar-refractivity contribution in [1.82, 2.24) is 4.98 Å². The first-order chi connectivity index (χ1) is 9.33. The summed E-state index contributed by atoms with van der Waals surface area (Å²) in [5.41, 5.74) is 0. The number of rotatable bonds is 6. The fourth-order valence-electron chi connectivity index (χ4n) is 2.07. The van der Waals surface area contributed by atoms with Crippen molar-refractivity contribution in [3.05, 3.63) is 30.5 Å². The number of hydrogen-bond acceptors (Lipinski definition) is 4. The van der Waals surface area contributed by atoms with Gasteiger partial charge in [0.1, 0.15) is 11.6 Å². The first-order valence-electron chi connectivity index (χ1n) is 6.72. The lowest BCUT2D eigenvalue weighted by Crippen LogP contribution is -2.11. The van der Waals surface area contributed by atoms with Gasteiger partial charge in [-0.25, -0.2) is 4.98 Å². The predicted molar refractivity (Wildman–Crippen MR) is 75.4 cm³/mol. The molecule has 0 bridgehead atoms. The largest absolute Gasteiger partial charge is 0.508 e. The summed E-state index contributed by atoms with van der Waals surface area (Å²) in [6.07, 6.45) is 4.40. The summed E-state index contributed by atoms with van der Waals surface area (Å²) in [4.78, 5) is 4.32. The summed E-state index contributed by atoms with van der Waals surface area (Å²) < 4.78 is 5.58. The smallest absolute Gasteiger partial charge is 0.134 e. The van der Waals surface area contributed by atoms with Crippen LogP contribution in [0.25, 0.3) is 10.8 Å². The Morgan fingerprint density at radius 2 is 2.21 bits per heavy atom. The van der Waals surface area contributed by atoms with E-state index in [0.29, 0.717) is 6.61 Å². The van der Waals surface area contributed by atoms with Crippen molar-refractivity contribution >= 4 is 16.6 Å². The number of aromatic hydroxyl groups is 1. The Hall–Kier alpha value is -1.81. The summed E-state index contributed by atoms with van der Waals surface area (Å²) in [6, 6.07) is 7.24. The topological polar surface area (TPSA) is 54.4 Å². The van der Waals surface area contributed by atoms with E-state index in [9.17, 15) is 5.11 Å². The van der Waals surface area contributed by atoms with Crippen LogP contribution in [0, 0.1) is 5.92 Å². The van der Waals surface area contributed by atoms with Gasteiger partial charge in [0.2, 0.25) is 0 Å². The number of phenolic OH excluding ortho intramolecular Hbond substituents is 1. The van der Waals surface area contributed by atoms with Crippen molar-refractivity contribution in [2.24, 2.45) is 5.92 Å². The van der Waals surface area contributed by atoms with Gasteiger partial charge in [-0.15, -0.1) is 0 Å². The molecule has 3 rings (SSSR count). The van der Waals surface area contributed by atoms with Crippen LogP contribution < -0.4 is 5.32 Å². The first-order valence-corrected chi connectivity index (χ1v) is 6.72. The highest BCUT2D eigenvalue weighted by Gasteiger charge is 2.20. The van der Waals surface area contributed by atoms with Crippen LogP contribution in [0.3, 0.4) is 0 Å². The molecule has 0 saturated heterocycles. The molecule has 0 unspecified atom stereocenters. The molecule has 1 aliphatic carbocycles. The number of phenols is 1. The molecule has 0 atom stereocenters. The number of nitrogens with one attached hydrogen (secondary N) is 1. The first kappa shape index (κ1) is 12.2. The summed E-state index contributed by atoms with van der Waals surface area (Å²) >= 11 is 0. The Kier molecular flexibility index (Phi) is 3.51. The second kappa shape index (κ2) is 5.45. The highest BCUT2D eigenvalue weighted by Crippen LogP contribution is 2.28. The van der Waals surface area contributed by atoms with Crippen LogP contribution in [-0.2, 0) is 4.74 Å². The third-order valence-electron chi connectivity index (χ3n) is 3.34. The zero-order chi connectivity index (χ0) is 13.1. The number of benzene rings is 1. The maximum atomic E-state index is 9.55. The van der Waals surface area contributed by atoms with Crippen LogP contribution in [0.15, 0.2) is 30.5 Å². The molecule has 19 heavy (non-hydrogen) atoms. The van der Waals surface area contributed by atoms with Crippen molar-refractivity contribution in [1.29, 1.82) is 0 Å². The Balaban J connectivity index is 1.61. The van der Waals surface area contributed by atoms with E-state index in [1.54, 1.807) is 18.3 Å². The standard InChI is InChI=1S/C15H18N2O2/c18-13-4-3-12-5-6-16-15(14(12)9-13)17-7-8-19-10-11-1-2-11/h3-6,9,11,18H,1-2,7-8,10H2,(H,16,17). The van der Waals surface area contributed by atoms with Crippen molar-refractivity contribution in [2.75, 3.05) is 25.1 Å². The lowest BCUT2D eigenvalue weighted by atomic mass is 10.1. The molecule has 0 aliphatic heterocycles. The summed E-state index contributed by atoms with van der Waals surface area (Å²) in [5.74, 6) is 1.85. The average Bonchev–Trinajstić information content (AvgIpc) is 3.23. The lowest BCUT2D eigenvalue weighted by Gasteiger charge is -2.09. The quantitative estimate of drug-likeness (QED) is 0.782. The number of nitrogens with zero attached hydrogens (tertiary/aromatic N) is 1. The van der Waals surface area contributed by atoms with Crippen LogP contribution in [0.1, 0.15) is 12.8 Å². The Bertz CT molecular complexity index is 567. The van der Waals surface area contributed by atoms with Gasteiger partial charge in [-0.3, -0.25) is 0 Å². The Morgan fingerprint density at radius 1 is 1.32 bits per heavy atom. The second-order valence-electron chi connectivity index (χ2n) is 5.01. The molecule has 100 valence electrons. The summed E-state index contributed by atoms with van der Waals surface area (Å²) in [7, 11) is 0. The molecule has 0 radical (unpaired) electrons. The minimum absolute atomic E-state index is 0.258. The zero-order valence-corrected chi connectivity index (χ0v) is 10.8. The van der Waals surface area contributed by atoms with Crippen molar-refractivity contribution in [3.63, 3.8) is 0 Å². The Labute approximate surface area is 112 Å². The normalized spacial score (nSPS) is 14.7. The van der Waals surface area contributed by atoms with E-state index in [1.165, 1.54) is 12.8 Å². The van der Waals surface area contributed by atoms with Crippen LogP contribution in [0.5, 0.6) is 5.75 Å². The summed E-state index contributed by atoms with van der Waals surface area (Å²) in [6.45, 7) is 2.30. The molecular formula is C15H18N2O2. The molecule has 1 aliphatic rings. The number of hydrogen-bond donors (Lipinski definition) is 2. The molecule has 0 spiro atoms. The van der Waals surface area contributed by atoms with E-state index in [4.69, 9.17) is 4.74 Å². The van der Waals surface area contributed by atoms with Crippen molar-refractivity contribution in [3.8, 4) is 5.75 Å². The van der Waals surface area contributed by atoms with E-state index >= 15 is 0 Å². The average molecular weight is 258 g/mol. The van der Waals surface area contributed by atoms with E-state index in [-0.39, 0.29) is 5.75 Å². The molecule has 0 amide bonds. The number of aromatic nitrogens is 1. The van der Waals surface area contributed by atoms with E-state index in [0.717, 1.165) is 35.7 Å². The maximum absolute atomic E-state index is 9.55. The van der Waals surface area contributed by atoms with Crippen molar-refractivity contribution in [2.45, 2.75) is 12.8 Å². The van der Waals surface area contributed by atoms with Crippen LogP contribution in [-0.4, -0.2) is 29.8 Å². The molecule has 2 aromatic rings. The molecule has 1 aromatic carbocycles. The van der Waals surface area contributed by atoms with Gasteiger partial charge in [0.25, 0.3) is 0 Å². The van der Waals surface area contributed by atoms with Gasteiger partial charge in [0, 0.05) is 24.7 Å². The molecule has 1 heterocycles. The van der Waals surface area contributed by atoms with Gasteiger partial charge in [-0.05, 0) is 42.3 Å². The second-order valence-corrected chi connectivity index (χ2v) is 5.01. The molecule has 4 heteroatoms. The summed E-state index contributed by atoms with van der Waals surface area (Å²) in [5, 5.41) is 14.8. The van der Waals surface area contributed by atoms with Crippen LogP contribution in [0.2, 0.25) is 0 Å². The highest BCUT2D eigenvalue weighted by atomic mass is 16.5. The molecule has 1 saturated carbocycles. The number of anilines is 1. The number of ether oxygens (including phenoxy) is 1. The lowest BCUT2D eigenvalue weighted by molar-refractivity contribution is 0.134. The molecule has 2 N–H and O–H groups in total. The molecular weight excluding hydrogens is 240 g/mol. The van der Waals surface area contributed by atoms with Gasteiger partial charge in [-0.1, -0.05) is 6.07 Å². The fourth-order valence-corrected chi connectivity index (χ4v) is 2.07. The predicted octanol–water partition coefficient (Wildman–Crippen LogP) is 2.78. The SMILES string of the molecule is Oc1ccc2ccnc(NCCOCC3CC3)c2c1. The Morgan fingerprint density at radius 3 is 3.05 bits per heavy atom. The van der Waals surface area contributed by atoms with E-state index < -0.39 is 0 Å². The van der Waals surface area contributed by atoms with Gasteiger partial charge in [-0.2, -0.15) is 0 Å². The van der Waals surface area contributed by atoms with Crippen LogP contribution in [0.4, 0.5) is 5.82 Å². The van der Waals surface area contributed by atoms with Gasteiger partial charge in [0.05, 0.1) is 6.61 Å². The minimum Gasteiger partial charge on any atom is -0.508 e.